The van der Waals surface area contributed by atoms with Gasteiger partial charge in [0.2, 0.25) is 5.13 Å². The fraction of sp³-hybridized carbons (Fsp3) is 0.211. The predicted molar refractivity (Wildman–Crippen MR) is 111 cm³/mol. The molecule has 8 heteroatoms. The van der Waals surface area contributed by atoms with Crippen LogP contribution in [0.25, 0.3) is 6.08 Å². The van der Waals surface area contributed by atoms with Gasteiger partial charge in [0.05, 0.1) is 24.8 Å². The Morgan fingerprint density at radius 2 is 2.15 bits per heavy atom. The molecule has 6 nitrogen and oxygen atoms in total. The average molecular weight is 402 g/mol. The van der Waals surface area contributed by atoms with Gasteiger partial charge in [-0.3, -0.25) is 9.69 Å². The van der Waals surface area contributed by atoms with Crippen molar-refractivity contribution in [2.75, 3.05) is 20.8 Å². The first-order valence-corrected chi connectivity index (χ1v) is 9.80. The Morgan fingerprint density at radius 3 is 2.78 bits per heavy atom. The van der Waals surface area contributed by atoms with E-state index in [9.17, 15) is 4.79 Å². The van der Waals surface area contributed by atoms with Gasteiger partial charge in [-0.1, -0.05) is 6.08 Å². The maximum Gasteiger partial charge on any atom is 0.267 e. The second-order valence-corrected chi connectivity index (χ2v) is 7.43. The molecule has 1 aromatic heterocycles. The summed E-state index contributed by atoms with van der Waals surface area (Å²) in [5, 5.41) is 3.13. The van der Waals surface area contributed by atoms with E-state index in [-0.39, 0.29) is 5.91 Å². The lowest BCUT2D eigenvalue weighted by atomic mass is 10.1. The second-order valence-electron chi connectivity index (χ2n) is 5.59. The number of benzene rings is 1. The molecule has 1 fully saturated rings. The summed E-state index contributed by atoms with van der Waals surface area (Å²) in [6.45, 7) is 6.02. The van der Waals surface area contributed by atoms with E-state index in [1.54, 1.807) is 31.3 Å². The number of thiazole rings is 1. The highest BCUT2D eigenvalue weighted by molar-refractivity contribution is 8.18. The van der Waals surface area contributed by atoms with Crippen molar-refractivity contribution >= 4 is 45.4 Å². The van der Waals surface area contributed by atoms with E-state index in [0.29, 0.717) is 33.2 Å². The van der Waals surface area contributed by atoms with Gasteiger partial charge < -0.3 is 9.47 Å². The summed E-state index contributed by atoms with van der Waals surface area (Å²) in [6, 6.07) is 5.45. The smallest absolute Gasteiger partial charge is 0.267 e. The number of rotatable bonds is 6. The highest BCUT2D eigenvalue weighted by Gasteiger charge is 2.33. The van der Waals surface area contributed by atoms with Gasteiger partial charge in [0.1, 0.15) is 11.5 Å². The molecule has 0 aliphatic carbocycles. The molecule has 1 aliphatic rings. The molecular formula is C19H19N3O3S2. The minimum atomic E-state index is -0.128. The predicted octanol–water partition coefficient (Wildman–Crippen LogP) is 4.26. The molecule has 1 amide bonds. The first kappa shape index (κ1) is 19.2. The molecule has 0 unspecified atom stereocenters. The molecule has 140 valence electrons. The standard InChI is InChI=1S/C19H19N3O3S2/c1-5-8-22-17(23)16(27-19(22)21-18-20-12(2)11-26-18)10-13-9-14(24-3)6-7-15(13)25-4/h5-7,9-11H,1,8H2,2-4H3/b16-10-,21-19+. The van der Waals surface area contributed by atoms with Crippen LogP contribution in [0.4, 0.5) is 5.13 Å². The number of nitrogens with zero attached hydrogens (tertiary/aromatic N) is 3. The van der Waals surface area contributed by atoms with Crippen LogP contribution in [0.15, 0.2) is 46.1 Å². The van der Waals surface area contributed by atoms with E-state index in [0.717, 1.165) is 11.3 Å². The van der Waals surface area contributed by atoms with Crippen molar-refractivity contribution in [1.82, 2.24) is 9.88 Å². The fourth-order valence-corrected chi connectivity index (χ4v) is 4.15. The number of hydrogen-bond donors (Lipinski definition) is 0. The van der Waals surface area contributed by atoms with Crippen LogP contribution in [0.5, 0.6) is 11.5 Å². The molecule has 0 N–H and O–H groups in total. The third-order valence-electron chi connectivity index (χ3n) is 3.72. The zero-order chi connectivity index (χ0) is 19.4. The van der Waals surface area contributed by atoms with Crippen LogP contribution in [-0.2, 0) is 4.79 Å². The normalized spacial score (nSPS) is 17.0. The zero-order valence-electron chi connectivity index (χ0n) is 15.3. The number of aryl methyl sites for hydroxylation is 1. The molecule has 1 aromatic carbocycles. The van der Waals surface area contributed by atoms with Crippen molar-refractivity contribution in [3.8, 4) is 11.5 Å². The van der Waals surface area contributed by atoms with Crippen LogP contribution >= 0.6 is 23.1 Å². The minimum absolute atomic E-state index is 0.128. The number of aromatic nitrogens is 1. The Bertz CT molecular complexity index is 934. The molecule has 1 saturated heterocycles. The van der Waals surface area contributed by atoms with E-state index in [1.165, 1.54) is 23.1 Å². The Hall–Kier alpha value is -2.58. The maximum atomic E-state index is 12.9. The number of amidine groups is 1. The van der Waals surface area contributed by atoms with E-state index in [1.807, 2.05) is 30.5 Å². The van der Waals surface area contributed by atoms with Gasteiger partial charge >= 0.3 is 0 Å². The first-order chi connectivity index (χ1) is 13.0. The van der Waals surface area contributed by atoms with Gasteiger partial charge in [-0.2, -0.15) is 4.99 Å². The number of ether oxygens (including phenoxy) is 2. The van der Waals surface area contributed by atoms with Crippen LogP contribution in [-0.4, -0.2) is 41.7 Å². The van der Waals surface area contributed by atoms with E-state index >= 15 is 0 Å². The summed E-state index contributed by atoms with van der Waals surface area (Å²) >= 11 is 2.75. The molecule has 2 heterocycles. The van der Waals surface area contributed by atoms with E-state index < -0.39 is 0 Å². The van der Waals surface area contributed by atoms with E-state index in [4.69, 9.17) is 9.47 Å². The summed E-state index contributed by atoms with van der Waals surface area (Å²) < 4.78 is 10.7. The largest absolute Gasteiger partial charge is 0.497 e. The SMILES string of the molecule is C=CCN1C(=O)/C(=C/c2cc(OC)ccc2OC)S/C1=N/c1nc(C)cs1. The lowest BCUT2D eigenvalue weighted by molar-refractivity contribution is -0.121. The molecule has 0 radical (unpaired) electrons. The fourth-order valence-electron chi connectivity index (χ4n) is 2.45. The molecule has 0 saturated carbocycles. The summed E-state index contributed by atoms with van der Waals surface area (Å²) in [7, 11) is 3.19. The zero-order valence-corrected chi connectivity index (χ0v) is 16.9. The molecular weight excluding hydrogens is 382 g/mol. The molecule has 0 spiro atoms. The van der Waals surface area contributed by atoms with Gasteiger partial charge in [-0.25, -0.2) is 4.98 Å². The molecule has 2 aromatic rings. The second kappa shape index (κ2) is 8.41. The van der Waals surface area contributed by atoms with Crippen LogP contribution in [0.2, 0.25) is 0 Å². The Labute approximate surface area is 166 Å². The lowest BCUT2D eigenvalue weighted by Crippen LogP contribution is -2.29. The number of carbonyl (C=O) groups is 1. The van der Waals surface area contributed by atoms with Crippen LogP contribution in [0.1, 0.15) is 11.3 Å². The number of carbonyl (C=O) groups excluding carboxylic acids is 1. The number of thioether (sulfide) groups is 1. The topological polar surface area (TPSA) is 64.0 Å². The van der Waals surface area contributed by atoms with Crippen LogP contribution in [0.3, 0.4) is 0 Å². The highest BCUT2D eigenvalue weighted by Crippen LogP contribution is 2.36. The van der Waals surface area contributed by atoms with Crippen molar-refractivity contribution in [2.24, 2.45) is 4.99 Å². The number of methoxy groups -OCH3 is 2. The van der Waals surface area contributed by atoms with Gasteiger partial charge in [0.25, 0.3) is 5.91 Å². The minimum Gasteiger partial charge on any atom is -0.497 e. The third kappa shape index (κ3) is 4.23. The first-order valence-electron chi connectivity index (χ1n) is 8.11. The monoisotopic (exact) mass is 401 g/mol. The summed E-state index contributed by atoms with van der Waals surface area (Å²) in [6.07, 6.45) is 3.47. The molecule has 27 heavy (non-hydrogen) atoms. The van der Waals surface area contributed by atoms with E-state index in [2.05, 4.69) is 16.6 Å². The lowest BCUT2D eigenvalue weighted by Gasteiger charge is -2.11. The van der Waals surface area contributed by atoms with Crippen LogP contribution in [0, 0.1) is 6.92 Å². The van der Waals surface area contributed by atoms with Gasteiger partial charge in [-0.05, 0) is 43.0 Å². The average Bonchev–Trinajstić information content (AvgIpc) is 3.20. The Kier molecular flexibility index (Phi) is 5.98. The molecule has 0 bridgehead atoms. The quantitative estimate of drug-likeness (QED) is 0.535. The van der Waals surface area contributed by atoms with Gasteiger partial charge in [-0.15, -0.1) is 17.9 Å². The van der Waals surface area contributed by atoms with Crippen molar-refractivity contribution in [2.45, 2.75) is 6.92 Å². The Morgan fingerprint density at radius 1 is 1.33 bits per heavy atom. The van der Waals surface area contributed by atoms with Crippen LogP contribution < -0.4 is 9.47 Å². The third-order valence-corrected chi connectivity index (χ3v) is 5.58. The highest BCUT2D eigenvalue weighted by atomic mass is 32.2. The van der Waals surface area contributed by atoms with Crippen molar-refractivity contribution in [3.05, 3.63) is 52.4 Å². The summed E-state index contributed by atoms with van der Waals surface area (Å²) in [5.74, 6) is 1.22. The van der Waals surface area contributed by atoms with Crippen molar-refractivity contribution < 1.29 is 14.3 Å². The molecule has 0 atom stereocenters. The number of amides is 1. The Balaban J connectivity index is 1.99. The molecule has 1 aliphatic heterocycles. The van der Waals surface area contributed by atoms with Gasteiger partial charge in [0.15, 0.2) is 5.17 Å². The van der Waals surface area contributed by atoms with Crippen molar-refractivity contribution in [1.29, 1.82) is 0 Å². The summed E-state index contributed by atoms with van der Waals surface area (Å²) in [5.41, 5.74) is 1.67. The van der Waals surface area contributed by atoms with Crippen molar-refractivity contribution in [3.63, 3.8) is 0 Å². The van der Waals surface area contributed by atoms with Gasteiger partial charge in [0, 0.05) is 17.5 Å². The number of aliphatic imine (C=N–C) groups is 1. The molecule has 3 rings (SSSR count). The maximum absolute atomic E-state index is 12.9. The number of hydrogen-bond acceptors (Lipinski definition) is 7. The summed E-state index contributed by atoms with van der Waals surface area (Å²) in [4.78, 5) is 23.9.